The normalized spacial score (nSPS) is 8.29. The molecule has 0 saturated heterocycles. The third kappa shape index (κ3) is 3.26. The minimum Gasteiger partial charge on any atom is -0.317 e. The number of alkyl halides is 1. The Balaban J connectivity index is 2.98. The first-order valence-electron chi connectivity index (χ1n) is 1.96. The fraction of sp³-hybridized carbons (Fsp3) is 0.500. The maximum Gasteiger partial charge on any atom is 0.156 e. The number of hydrogen-bond acceptors (Lipinski definition) is 2. The Labute approximate surface area is 42.6 Å². The summed E-state index contributed by atoms with van der Waals surface area (Å²) in [5.74, 6) is 0. The monoisotopic (exact) mass is 104 g/mol. The van der Waals surface area contributed by atoms with Crippen LogP contribution in [0.15, 0.2) is 12.8 Å². The van der Waals surface area contributed by atoms with Gasteiger partial charge in [-0.15, -0.1) is 0 Å². The van der Waals surface area contributed by atoms with Gasteiger partial charge in [-0.2, -0.15) is 0 Å². The third-order valence-corrected chi connectivity index (χ3v) is 0.583. The quantitative estimate of drug-likeness (QED) is 0.414. The van der Waals surface area contributed by atoms with Gasteiger partial charge in [0.2, 0.25) is 0 Å². The van der Waals surface area contributed by atoms with E-state index in [1.807, 2.05) is 0 Å². The number of hydrogen-bond donors (Lipinski definition) is 1. The van der Waals surface area contributed by atoms with Crippen LogP contribution < -0.4 is 5.43 Å². The van der Waals surface area contributed by atoms with E-state index >= 15 is 0 Å². The summed E-state index contributed by atoms with van der Waals surface area (Å²) in [5.41, 5.74) is 2.34. The molecule has 0 unspecified atom stereocenters. The van der Waals surface area contributed by atoms with Crippen molar-refractivity contribution in [2.75, 3.05) is 13.8 Å². The summed E-state index contributed by atoms with van der Waals surface area (Å²) in [6.07, 6.45) is 1.49. The highest BCUT2D eigenvalue weighted by Gasteiger charge is 1.80. The SMILES string of the molecule is C=CN(C)NCF. The lowest BCUT2D eigenvalue weighted by Crippen LogP contribution is -2.27. The molecule has 2 nitrogen and oxygen atoms in total. The van der Waals surface area contributed by atoms with E-state index in [9.17, 15) is 4.39 Å². The van der Waals surface area contributed by atoms with Gasteiger partial charge in [0.15, 0.2) is 6.80 Å². The van der Waals surface area contributed by atoms with Crippen molar-refractivity contribution in [2.24, 2.45) is 0 Å². The summed E-state index contributed by atoms with van der Waals surface area (Å²) in [6.45, 7) is 2.82. The number of nitrogens with zero attached hydrogens (tertiary/aromatic N) is 1. The van der Waals surface area contributed by atoms with Gasteiger partial charge in [-0.25, -0.2) is 9.82 Å². The third-order valence-electron chi connectivity index (χ3n) is 0.583. The maximum absolute atomic E-state index is 11.2. The molecule has 3 heteroatoms. The van der Waals surface area contributed by atoms with Crippen LogP contribution in [0.4, 0.5) is 4.39 Å². The number of hydrazine groups is 1. The highest BCUT2D eigenvalue weighted by Crippen LogP contribution is 1.70. The van der Waals surface area contributed by atoms with E-state index in [1.165, 1.54) is 11.2 Å². The molecule has 0 aliphatic rings. The Morgan fingerprint density at radius 1 is 2.00 bits per heavy atom. The first kappa shape index (κ1) is 6.43. The van der Waals surface area contributed by atoms with E-state index in [-0.39, 0.29) is 0 Å². The van der Waals surface area contributed by atoms with Crippen LogP contribution in [0.3, 0.4) is 0 Å². The standard InChI is InChI=1S/C4H9FN2/c1-3-7(2)6-4-5/h3,6H,1,4H2,2H3. The van der Waals surface area contributed by atoms with Crippen LogP contribution in [0.5, 0.6) is 0 Å². The summed E-state index contributed by atoms with van der Waals surface area (Å²) in [4.78, 5) is 0. The Hall–Kier alpha value is -0.570. The van der Waals surface area contributed by atoms with Gasteiger partial charge in [0.25, 0.3) is 0 Å². The second-order valence-corrected chi connectivity index (χ2v) is 1.09. The molecule has 7 heavy (non-hydrogen) atoms. The van der Waals surface area contributed by atoms with Crippen molar-refractivity contribution in [3.63, 3.8) is 0 Å². The molecule has 0 heterocycles. The molecule has 0 aliphatic carbocycles. The highest BCUT2D eigenvalue weighted by atomic mass is 19.1. The smallest absolute Gasteiger partial charge is 0.156 e. The van der Waals surface area contributed by atoms with Crippen LogP contribution in [-0.2, 0) is 0 Å². The average Bonchev–Trinajstić information content (AvgIpc) is 1.68. The van der Waals surface area contributed by atoms with Gasteiger partial charge in [0.1, 0.15) is 0 Å². The van der Waals surface area contributed by atoms with Gasteiger partial charge >= 0.3 is 0 Å². The minimum absolute atomic E-state index is 0.553. The zero-order chi connectivity index (χ0) is 5.70. The summed E-state index contributed by atoms with van der Waals surface area (Å²) in [7, 11) is 1.67. The van der Waals surface area contributed by atoms with Crippen LogP contribution in [0.2, 0.25) is 0 Å². The molecule has 0 bridgehead atoms. The fourth-order valence-corrected chi connectivity index (χ4v) is 0.159. The Kier molecular flexibility index (Phi) is 3.32. The van der Waals surface area contributed by atoms with Crippen molar-refractivity contribution in [1.29, 1.82) is 0 Å². The van der Waals surface area contributed by atoms with Crippen LogP contribution in [-0.4, -0.2) is 18.9 Å². The van der Waals surface area contributed by atoms with Crippen molar-refractivity contribution in [2.45, 2.75) is 0 Å². The molecule has 0 aromatic heterocycles. The molecule has 0 aromatic rings. The van der Waals surface area contributed by atoms with Gasteiger partial charge < -0.3 is 5.01 Å². The van der Waals surface area contributed by atoms with Crippen LogP contribution in [0.25, 0.3) is 0 Å². The maximum atomic E-state index is 11.2. The van der Waals surface area contributed by atoms with E-state index < -0.39 is 6.80 Å². The number of halogens is 1. The van der Waals surface area contributed by atoms with Gasteiger partial charge in [-0.3, -0.25) is 0 Å². The van der Waals surface area contributed by atoms with E-state index in [0.29, 0.717) is 0 Å². The Morgan fingerprint density at radius 2 is 2.57 bits per heavy atom. The van der Waals surface area contributed by atoms with Crippen molar-refractivity contribution in [3.05, 3.63) is 12.8 Å². The summed E-state index contributed by atoms with van der Waals surface area (Å²) in [6, 6.07) is 0. The first-order valence-corrected chi connectivity index (χ1v) is 1.96. The Bertz CT molecular complexity index is 55.7. The largest absolute Gasteiger partial charge is 0.317 e. The molecule has 0 atom stereocenters. The zero-order valence-electron chi connectivity index (χ0n) is 4.32. The molecule has 0 rings (SSSR count). The van der Waals surface area contributed by atoms with Crippen LogP contribution in [0, 0.1) is 0 Å². The summed E-state index contributed by atoms with van der Waals surface area (Å²) in [5, 5.41) is 1.44. The second-order valence-electron chi connectivity index (χ2n) is 1.09. The number of nitrogens with one attached hydrogen (secondary N) is 1. The summed E-state index contributed by atoms with van der Waals surface area (Å²) >= 11 is 0. The molecule has 0 aromatic carbocycles. The zero-order valence-corrected chi connectivity index (χ0v) is 4.32. The van der Waals surface area contributed by atoms with Crippen molar-refractivity contribution >= 4 is 0 Å². The van der Waals surface area contributed by atoms with E-state index in [1.54, 1.807) is 7.05 Å². The van der Waals surface area contributed by atoms with Crippen LogP contribution >= 0.6 is 0 Å². The molecule has 0 saturated carbocycles. The molecule has 42 valence electrons. The average molecular weight is 104 g/mol. The van der Waals surface area contributed by atoms with Crippen LogP contribution in [0.1, 0.15) is 0 Å². The molecule has 0 spiro atoms. The lowest BCUT2D eigenvalue weighted by Gasteiger charge is -2.09. The Morgan fingerprint density at radius 3 is 2.71 bits per heavy atom. The lowest BCUT2D eigenvalue weighted by molar-refractivity contribution is 0.257. The molecule has 1 N–H and O–H groups in total. The predicted octanol–water partition coefficient (Wildman–Crippen LogP) is 0.493. The lowest BCUT2D eigenvalue weighted by atomic mass is 10.9. The first-order chi connectivity index (χ1) is 3.31. The molecule has 0 fully saturated rings. The van der Waals surface area contributed by atoms with E-state index in [0.717, 1.165) is 0 Å². The predicted molar refractivity (Wildman–Crippen MR) is 27.1 cm³/mol. The minimum atomic E-state index is -0.553. The number of rotatable bonds is 3. The molecule has 0 radical (unpaired) electrons. The van der Waals surface area contributed by atoms with Gasteiger partial charge in [-0.1, -0.05) is 6.58 Å². The van der Waals surface area contributed by atoms with E-state index in [2.05, 4.69) is 12.0 Å². The van der Waals surface area contributed by atoms with Gasteiger partial charge in [0.05, 0.1) is 0 Å². The van der Waals surface area contributed by atoms with E-state index in [4.69, 9.17) is 0 Å². The molecule has 0 aliphatic heterocycles. The summed E-state index contributed by atoms with van der Waals surface area (Å²) < 4.78 is 11.2. The van der Waals surface area contributed by atoms with Crippen molar-refractivity contribution in [3.8, 4) is 0 Å². The van der Waals surface area contributed by atoms with Gasteiger partial charge in [-0.05, 0) is 0 Å². The van der Waals surface area contributed by atoms with Crippen molar-refractivity contribution in [1.82, 2.24) is 10.4 Å². The highest BCUT2D eigenvalue weighted by molar-refractivity contribution is 4.59. The topological polar surface area (TPSA) is 15.3 Å². The molecule has 0 amide bonds. The molecular formula is C4H9FN2. The molecular weight excluding hydrogens is 95.1 g/mol. The second kappa shape index (κ2) is 3.61. The van der Waals surface area contributed by atoms with Gasteiger partial charge in [0, 0.05) is 13.2 Å². The fourth-order valence-electron chi connectivity index (χ4n) is 0.159. The van der Waals surface area contributed by atoms with Crippen molar-refractivity contribution < 1.29 is 4.39 Å².